The average Bonchev–Trinajstić information content (AvgIpc) is 3.11. The molecule has 33 heavy (non-hydrogen) atoms. The van der Waals surface area contributed by atoms with E-state index in [1.807, 2.05) is 0 Å². The molecule has 0 nitrogen and oxygen atoms in total. The second-order valence-corrected chi connectivity index (χ2v) is 18.3. The predicted octanol–water partition coefficient (Wildman–Crippen LogP) is 9.90. The molecule has 0 amide bonds. The maximum absolute atomic E-state index is 7.13. The monoisotopic (exact) mass is 496 g/mol. The lowest BCUT2D eigenvalue weighted by molar-refractivity contribution is 0.588. The Bertz CT molecular complexity index is 1110. The van der Waals surface area contributed by atoms with Crippen LogP contribution in [0.25, 0.3) is 10.1 Å². The van der Waals surface area contributed by atoms with Crippen molar-refractivity contribution in [1.29, 1.82) is 0 Å². The fourth-order valence-electron chi connectivity index (χ4n) is 6.56. The van der Waals surface area contributed by atoms with Crippen LogP contribution in [0.1, 0.15) is 99.9 Å². The summed E-state index contributed by atoms with van der Waals surface area (Å²) >= 11 is 14.3. The van der Waals surface area contributed by atoms with Crippen LogP contribution in [0, 0.1) is 0 Å². The zero-order valence-electron chi connectivity index (χ0n) is 21.9. The molecule has 0 fully saturated rings. The second-order valence-electron chi connectivity index (χ2n) is 12.7. The van der Waals surface area contributed by atoms with Crippen molar-refractivity contribution >= 4 is 41.3 Å². The molecule has 2 aromatic rings. The largest absolute Gasteiger partial charge is 0.0837 e. The lowest BCUT2D eigenvalue weighted by Crippen LogP contribution is -2.42. The number of rotatable bonds is 2. The van der Waals surface area contributed by atoms with Gasteiger partial charge in [-0.1, -0.05) is 114 Å². The molecule has 4 rings (SSSR count). The summed E-state index contributed by atoms with van der Waals surface area (Å²) in [5.74, 6) is 0. The van der Waals surface area contributed by atoms with Gasteiger partial charge in [0, 0.05) is 32.3 Å². The molecule has 0 bridgehead atoms. The third-order valence-electron chi connectivity index (χ3n) is 7.92. The van der Waals surface area contributed by atoms with E-state index in [2.05, 4.69) is 105 Å². The van der Waals surface area contributed by atoms with Crippen molar-refractivity contribution in [2.45, 2.75) is 90.4 Å². The van der Waals surface area contributed by atoms with Gasteiger partial charge in [0.05, 0.1) is 8.07 Å². The molecule has 176 valence electrons. The maximum Gasteiger partial charge on any atom is 0.0723 e. The molecule has 0 saturated carbocycles. The van der Waals surface area contributed by atoms with Crippen LogP contribution in [-0.4, -0.2) is 8.07 Å². The van der Waals surface area contributed by atoms with E-state index in [-0.39, 0.29) is 10.8 Å². The molecule has 0 aromatic heterocycles. The van der Waals surface area contributed by atoms with Crippen LogP contribution in [-0.2, 0) is 10.8 Å². The van der Waals surface area contributed by atoms with Crippen molar-refractivity contribution in [3.8, 4) is 0 Å². The Labute approximate surface area is 212 Å². The maximum atomic E-state index is 7.13. The Morgan fingerprint density at radius 1 is 0.636 bits per heavy atom. The average molecular weight is 498 g/mol. The van der Waals surface area contributed by atoms with Crippen LogP contribution in [0.3, 0.4) is 0 Å². The number of fused-ring (bicyclic) bond motifs is 2. The summed E-state index contributed by atoms with van der Waals surface area (Å²) in [6, 6.07) is 13.6. The Morgan fingerprint density at radius 2 is 0.970 bits per heavy atom. The van der Waals surface area contributed by atoms with Gasteiger partial charge in [-0.3, -0.25) is 0 Å². The first kappa shape index (κ1) is 24.8. The fourth-order valence-corrected chi connectivity index (χ4v) is 12.3. The van der Waals surface area contributed by atoms with Crippen molar-refractivity contribution in [2.75, 3.05) is 0 Å². The van der Waals surface area contributed by atoms with Crippen molar-refractivity contribution in [3.63, 3.8) is 0 Å². The highest BCUT2D eigenvalue weighted by molar-refractivity contribution is 6.82. The predicted molar refractivity (Wildman–Crippen MR) is 150 cm³/mol. The first-order valence-corrected chi connectivity index (χ1v) is 16.0. The molecule has 0 radical (unpaired) electrons. The minimum Gasteiger partial charge on any atom is -0.0837 e. The van der Waals surface area contributed by atoms with E-state index in [4.69, 9.17) is 23.2 Å². The van der Waals surface area contributed by atoms with Crippen LogP contribution in [0.2, 0.25) is 13.1 Å². The first-order chi connectivity index (χ1) is 15.1. The first-order valence-electron chi connectivity index (χ1n) is 12.1. The van der Waals surface area contributed by atoms with E-state index in [9.17, 15) is 0 Å². The summed E-state index contributed by atoms with van der Waals surface area (Å²) in [5, 5.41) is 1.94. The van der Waals surface area contributed by atoms with Crippen LogP contribution in [0.15, 0.2) is 47.5 Å². The van der Waals surface area contributed by atoms with Gasteiger partial charge in [-0.2, -0.15) is 0 Å². The zero-order chi connectivity index (χ0) is 24.7. The van der Waals surface area contributed by atoms with Gasteiger partial charge in [0.1, 0.15) is 0 Å². The van der Waals surface area contributed by atoms with E-state index in [0.29, 0.717) is 11.1 Å². The summed E-state index contributed by atoms with van der Waals surface area (Å²) in [5.41, 5.74) is 11.6. The Kier molecular flexibility index (Phi) is 5.92. The molecule has 2 unspecified atom stereocenters. The Balaban J connectivity index is 1.93. The molecule has 0 spiro atoms. The fraction of sp³-hybridized carbons (Fsp3) is 0.467. The number of benzene rings is 2. The molecular weight excluding hydrogens is 459 g/mol. The van der Waals surface area contributed by atoms with Gasteiger partial charge < -0.3 is 0 Å². The van der Waals surface area contributed by atoms with Crippen LogP contribution in [0.5, 0.6) is 0 Å². The third kappa shape index (κ3) is 3.70. The lowest BCUT2D eigenvalue weighted by atomic mass is 9.83. The van der Waals surface area contributed by atoms with E-state index in [0.717, 1.165) is 10.1 Å². The standard InChI is InChI=1S/C30H38Cl2Si/c1-17-25(31)23-19(13-11-15-21(23)29(3,4)5)27(17)33(9,10)28-18(2)26(32)24-20(28)14-12-16-22(24)30(6,7)8/h11-16,27-28H,1-10H3. The summed E-state index contributed by atoms with van der Waals surface area (Å²) in [4.78, 5) is 0. The molecule has 0 N–H and O–H groups in total. The molecule has 0 saturated heterocycles. The molecule has 2 aliphatic carbocycles. The van der Waals surface area contributed by atoms with Crippen molar-refractivity contribution in [3.05, 3.63) is 80.9 Å². The van der Waals surface area contributed by atoms with Gasteiger partial charge in [0.25, 0.3) is 0 Å². The molecule has 0 aliphatic heterocycles. The molecule has 2 aliphatic rings. The Morgan fingerprint density at radius 3 is 1.27 bits per heavy atom. The number of hydrogen-bond donors (Lipinski definition) is 0. The van der Waals surface area contributed by atoms with E-state index in [1.54, 1.807) is 0 Å². The van der Waals surface area contributed by atoms with Gasteiger partial charge in [0.15, 0.2) is 0 Å². The van der Waals surface area contributed by atoms with Crippen LogP contribution >= 0.6 is 23.2 Å². The molecular formula is C30H38Cl2Si. The summed E-state index contributed by atoms with van der Waals surface area (Å²) in [6.07, 6.45) is 0. The van der Waals surface area contributed by atoms with Crippen LogP contribution in [0.4, 0.5) is 0 Å². The van der Waals surface area contributed by atoms with Crippen molar-refractivity contribution < 1.29 is 0 Å². The highest BCUT2D eigenvalue weighted by Gasteiger charge is 2.50. The van der Waals surface area contributed by atoms with E-state index >= 15 is 0 Å². The number of halogens is 2. The minimum atomic E-state index is -2.00. The molecule has 0 heterocycles. The zero-order valence-corrected chi connectivity index (χ0v) is 24.4. The number of hydrogen-bond acceptors (Lipinski definition) is 0. The SMILES string of the molecule is CC1=C(Cl)c2c(cccc2C(C)(C)C)C1[Si](C)(C)C1C(C)=C(Cl)c2c1cccc2C(C)(C)C. The van der Waals surface area contributed by atoms with Gasteiger partial charge >= 0.3 is 0 Å². The highest BCUT2D eigenvalue weighted by atomic mass is 35.5. The smallest absolute Gasteiger partial charge is 0.0723 e. The van der Waals surface area contributed by atoms with Crippen molar-refractivity contribution in [2.24, 2.45) is 0 Å². The number of allylic oxidation sites excluding steroid dienone is 2. The second kappa shape index (κ2) is 7.87. The van der Waals surface area contributed by atoms with E-state index < -0.39 is 8.07 Å². The molecule has 2 aromatic carbocycles. The van der Waals surface area contributed by atoms with Crippen molar-refractivity contribution in [1.82, 2.24) is 0 Å². The summed E-state index contributed by atoms with van der Waals surface area (Å²) in [6.45, 7) is 23.3. The van der Waals surface area contributed by atoms with Gasteiger partial charge in [-0.25, -0.2) is 0 Å². The topological polar surface area (TPSA) is 0 Å². The minimum absolute atomic E-state index is 0.0487. The third-order valence-corrected chi connectivity index (χ3v) is 13.4. The quantitative estimate of drug-likeness (QED) is 0.362. The summed E-state index contributed by atoms with van der Waals surface area (Å²) in [7, 11) is -2.00. The van der Waals surface area contributed by atoms with E-state index in [1.165, 1.54) is 44.5 Å². The van der Waals surface area contributed by atoms with Gasteiger partial charge in [-0.15, -0.1) is 0 Å². The van der Waals surface area contributed by atoms with Gasteiger partial charge in [-0.05, 0) is 58.1 Å². The summed E-state index contributed by atoms with van der Waals surface area (Å²) < 4.78 is 0. The lowest BCUT2D eigenvalue weighted by Gasteiger charge is -2.39. The van der Waals surface area contributed by atoms with Gasteiger partial charge in [0.2, 0.25) is 0 Å². The normalized spacial score (nSPS) is 21.1. The van der Waals surface area contributed by atoms with Crippen LogP contribution < -0.4 is 0 Å². The molecule has 2 atom stereocenters. The Hall–Kier alpha value is -1.28. The molecule has 3 heteroatoms. The highest BCUT2D eigenvalue weighted by Crippen LogP contribution is 2.58.